The van der Waals surface area contributed by atoms with Gasteiger partial charge in [0.05, 0.1) is 5.69 Å². The van der Waals surface area contributed by atoms with Gasteiger partial charge >= 0.3 is 10.2 Å². The number of ether oxygens (including phenoxy) is 1. The van der Waals surface area contributed by atoms with Crippen LogP contribution in [0.5, 0.6) is 5.75 Å². The molecular formula is C11H15FN2O3S. The van der Waals surface area contributed by atoms with Gasteiger partial charge in [-0.2, -0.15) is 12.7 Å². The molecule has 0 spiro atoms. The zero-order valence-corrected chi connectivity index (χ0v) is 10.6. The van der Waals surface area contributed by atoms with Crippen LogP contribution in [0.3, 0.4) is 0 Å². The molecule has 0 unspecified atom stereocenters. The van der Waals surface area contributed by atoms with Crippen molar-refractivity contribution in [3.05, 3.63) is 24.3 Å². The molecule has 1 heterocycles. The molecule has 1 aliphatic rings. The highest BCUT2D eigenvalue weighted by Crippen LogP contribution is 2.21. The van der Waals surface area contributed by atoms with E-state index in [4.69, 9.17) is 4.74 Å². The molecule has 0 bridgehead atoms. The molecule has 0 radical (unpaired) electrons. The second-order valence-corrected chi connectivity index (χ2v) is 5.60. The number of benzene rings is 1. The molecule has 0 aromatic heterocycles. The third-order valence-electron chi connectivity index (χ3n) is 2.58. The summed E-state index contributed by atoms with van der Waals surface area (Å²) in [6.07, 6.45) is 0.889. The average Bonchev–Trinajstić information content (AvgIpc) is 2.23. The van der Waals surface area contributed by atoms with E-state index in [-0.39, 0.29) is 6.61 Å². The van der Waals surface area contributed by atoms with Gasteiger partial charge in [-0.05, 0) is 18.6 Å². The van der Waals surface area contributed by atoms with Gasteiger partial charge in [0.2, 0.25) is 0 Å². The Balaban J connectivity index is 2.04. The highest BCUT2D eigenvalue weighted by molar-refractivity contribution is 7.90. The van der Waals surface area contributed by atoms with Crippen LogP contribution in [0.1, 0.15) is 6.42 Å². The van der Waals surface area contributed by atoms with E-state index in [2.05, 4.69) is 4.72 Å². The third-order valence-corrected chi connectivity index (χ3v) is 4.12. The second kappa shape index (κ2) is 5.53. The summed E-state index contributed by atoms with van der Waals surface area (Å²) in [6.45, 7) is 0.479. The number of nitrogens with one attached hydrogen (secondary N) is 1. The summed E-state index contributed by atoms with van der Waals surface area (Å²) in [6, 6.07) is 6.46. The van der Waals surface area contributed by atoms with Crippen LogP contribution in [0, 0.1) is 0 Å². The van der Waals surface area contributed by atoms with E-state index in [9.17, 15) is 12.8 Å². The van der Waals surface area contributed by atoms with Crippen LogP contribution >= 0.6 is 0 Å². The van der Waals surface area contributed by atoms with Crippen molar-refractivity contribution in [2.45, 2.75) is 6.42 Å². The molecule has 2 rings (SSSR count). The van der Waals surface area contributed by atoms with Crippen molar-refractivity contribution in [3.63, 3.8) is 0 Å². The van der Waals surface area contributed by atoms with E-state index in [0.29, 0.717) is 24.5 Å². The fourth-order valence-electron chi connectivity index (χ4n) is 1.55. The lowest BCUT2D eigenvalue weighted by Crippen LogP contribution is -2.45. The normalized spacial score (nSPS) is 16.1. The van der Waals surface area contributed by atoms with Crippen LogP contribution in [0.25, 0.3) is 0 Å². The Labute approximate surface area is 106 Å². The number of anilines is 1. The summed E-state index contributed by atoms with van der Waals surface area (Å²) >= 11 is 0. The minimum atomic E-state index is -3.46. The Hall–Kier alpha value is -1.34. The highest BCUT2D eigenvalue weighted by atomic mass is 32.2. The van der Waals surface area contributed by atoms with Gasteiger partial charge in [0.15, 0.2) is 0 Å². The first-order chi connectivity index (χ1) is 8.62. The van der Waals surface area contributed by atoms with E-state index >= 15 is 0 Å². The molecule has 7 heteroatoms. The van der Waals surface area contributed by atoms with E-state index in [1.165, 1.54) is 10.4 Å². The van der Waals surface area contributed by atoms with Crippen molar-refractivity contribution in [2.24, 2.45) is 0 Å². The monoisotopic (exact) mass is 274 g/mol. The summed E-state index contributed by atoms with van der Waals surface area (Å²) in [7, 11) is -3.46. The lowest BCUT2D eigenvalue weighted by Gasteiger charge is -2.29. The van der Waals surface area contributed by atoms with Gasteiger partial charge in [0.25, 0.3) is 0 Å². The molecule has 0 amide bonds. The van der Waals surface area contributed by atoms with Crippen molar-refractivity contribution in [3.8, 4) is 5.75 Å². The van der Waals surface area contributed by atoms with Crippen molar-refractivity contribution in [2.75, 3.05) is 31.1 Å². The van der Waals surface area contributed by atoms with Crippen LogP contribution < -0.4 is 9.46 Å². The van der Waals surface area contributed by atoms with E-state index < -0.39 is 16.9 Å². The maximum absolute atomic E-state index is 12.0. The van der Waals surface area contributed by atoms with Crippen molar-refractivity contribution >= 4 is 15.9 Å². The predicted molar refractivity (Wildman–Crippen MR) is 66.6 cm³/mol. The largest absolute Gasteiger partial charge is 0.491 e. The minimum absolute atomic E-state index is 0.0394. The zero-order chi connectivity index (χ0) is 13.0. The highest BCUT2D eigenvalue weighted by Gasteiger charge is 2.27. The Morgan fingerprint density at radius 2 is 2.17 bits per heavy atom. The predicted octanol–water partition coefficient (Wildman–Crippen LogP) is 1.40. The molecule has 1 fully saturated rings. The molecule has 0 saturated carbocycles. The maximum atomic E-state index is 12.0. The zero-order valence-electron chi connectivity index (χ0n) is 9.80. The number of hydrogen-bond donors (Lipinski definition) is 1. The first-order valence-electron chi connectivity index (χ1n) is 5.68. The van der Waals surface area contributed by atoms with Gasteiger partial charge in [-0.15, -0.1) is 0 Å². The Morgan fingerprint density at radius 3 is 2.78 bits per heavy atom. The summed E-state index contributed by atoms with van der Waals surface area (Å²) in [5.41, 5.74) is 0.415. The summed E-state index contributed by atoms with van der Waals surface area (Å²) in [4.78, 5) is 0. The number of halogens is 1. The van der Waals surface area contributed by atoms with Crippen LogP contribution in [-0.4, -0.2) is 39.1 Å². The van der Waals surface area contributed by atoms with Gasteiger partial charge in [0, 0.05) is 19.2 Å². The van der Waals surface area contributed by atoms with Crippen LogP contribution in [0.4, 0.5) is 10.1 Å². The topological polar surface area (TPSA) is 58.6 Å². The Bertz CT molecular complexity index is 503. The molecule has 0 aliphatic carbocycles. The maximum Gasteiger partial charge on any atom is 0.301 e. The van der Waals surface area contributed by atoms with E-state index in [1.807, 2.05) is 0 Å². The number of rotatable bonds is 6. The summed E-state index contributed by atoms with van der Waals surface area (Å²) in [5, 5.41) is 0. The smallest absolute Gasteiger partial charge is 0.301 e. The molecule has 18 heavy (non-hydrogen) atoms. The van der Waals surface area contributed by atoms with Crippen molar-refractivity contribution < 1.29 is 17.5 Å². The average molecular weight is 274 g/mol. The number of alkyl halides is 1. The fourth-order valence-corrected chi connectivity index (χ4v) is 2.84. The fraction of sp³-hybridized carbons (Fsp3) is 0.455. The number of nitrogens with zero attached hydrogens (tertiary/aromatic N) is 1. The first-order valence-corrected chi connectivity index (χ1v) is 7.12. The van der Waals surface area contributed by atoms with Gasteiger partial charge in [0.1, 0.15) is 19.0 Å². The molecule has 1 aromatic rings. The van der Waals surface area contributed by atoms with Crippen LogP contribution in [0.2, 0.25) is 0 Å². The molecule has 0 atom stereocenters. The molecule has 1 aliphatic heterocycles. The van der Waals surface area contributed by atoms with Gasteiger partial charge < -0.3 is 4.74 Å². The lowest BCUT2D eigenvalue weighted by molar-refractivity contribution is 0.273. The molecule has 1 aromatic carbocycles. The van der Waals surface area contributed by atoms with Crippen molar-refractivity contribution in [1.29, 1.82) is 0 Å². The molecule has 5 nitrogen and oxygen atoms in total. The Morgan fingerprint density at radius 1 is 1.39 bits per heavy atom. The molecule has 1 saturated heterocycles. The van der Waals surface area contributed by atoms with Crippen LogP contribution in [-0.2, 0) is 10.2 Å². The number of hydrogen-bond acceptors (Lipinski definition) is 3. The van der Waals surface area contributed by atoms with Crippen molar-refractivity contribution in [1.82, 2.24) is 4.31 Å². The van der Waals surface area contributed by atoms with Crippen LogP contribution in [0.15, 0.2) is 24.3 Å². The second-order valence-electron chi connectivity index (χ2n) is 3.92. The van der Waals surface area contributed by atoms with Gasteiger partial charge in [-0.25, -0.2) is 4.39 Å². The quantitative estimate of drug-likeness (QED) is 0.853. The molecule has 100 valence electrons. The molecular weight excluding hydrogens is 259 g/mol. The van der Waals surface area contributed by atoms with Gasteiger partial charge in [-0.1, -0.05) is 6.07 Å². The van der Waals surface area contributed by atoms with E-state index in [0.717, 1.165) is 6.42 Å². The third kappa shape index (κ3) is 3.11. The first kappa shape index (κ1) is 13.1. The van der Waals surface area contributed by atoms with E-state index in [1.54, 1.807) is 18.2 Å². The summed E-state index contributed by atoms with van der Waals surface area (Å²) < 4.78 is 44.5. The lowest BCUT2D eigenvalue weighted by atomic mass is 10.3. The van der Waals surface area contributed by atoms with Gasteiger partial charge in [-0.3, -0.25) is 4.72 Å². The summed E-state index contributed by atoms with van der Waals surface area (Å²) in [5.74, 6) is 0.441. The Kier molecular flexibility index (Phi) is 4.03. The SMILES string of the molecule is O=S(=O)(Nc1cccc(OCCF)c1)N1CCC1. The molecule has 1 N–H and O–H groups in total. The minimum Gasteiger partial charge on any atom is -0.491 e. The standard InChI is InChI=1S/C11H15FN2O3S/c12-5-8-17-11-4-1-3-10(9-11)13-18(15,16)14-6-2-7-14/h1,3-4,9,13H,2,5-8H2.